The smallest absolute Gasteiger partial charge is 0.0991 e. The van der Waals surface area contributed by atoms with E-state index in [2.05, 4.69) is 125 Å². The van der Waals surface area contributed by atoms with Crippen LogP contribution in [0.2, 0.25) is 0 Å². The number of fused-ring (bicyclic) bond motifs is 6. The van der Waals surface area contributed by atoms with Crippen LogP contribution in [0.25, 0.3) is 72.2 Å². The number of benzene rings is 7. The molecule has 0 spiro atoms. The Morgan fingerprint density at radius 2 is 1.04 bits per heavy atom. The molecule has 0 bridgehead atoms. The Balaban J connectivity index is 1.15. The van der Waals surface area contributed by atoms with E-state index in [-0.39, 0.29) is 0 Å². The largest absolute Gasteiger partial charge is 0.316 e. The fraction of sp³-hybridized carbons (Fsp3) is 0. The zero-order valence-electron chi connectivity index (χ0n) is 28.2. The second kappa shape index (κ2) is 12.9. The van der Waals surface area contributed by atoms with Crippen molar-refractivity contribution in [2.24, 2.45) is 0 Å². The summed E-state index contributed by atoms with van der Waals surface area (Å²) in [5.74, 6) is 0. The highest BCUT2D eigenvalue weighted by molar-refractivity contribution is 6.14. The van der Waals surface area contributed by atoms with Crippen LogP contribution in [0.5, 0.6) is 0 Å². The third-order valence-corrected chi connectivity index (χ3v) is 9.87. The van der Waals surface area contributed by atoms with Gasteiger partial charge in [0.1, 0.15) is 0 Å². The van der Waals surface area contributed by atoms with Gasteiger partial charge in [0.25, 0.3) is 0 Å². The lowest BCUT2D eigenvalue weighted by Gasteiger charge is -2.09. The number of rotatable bonds is 7. The molecule has 0 atom stereocenters. The van der Waals surface area contributed by atoms with Crippen LogP contribution in [0.4, 0.5) is 0 Å². The molecule has 52 heavy (non-hydrogen) atoms. The second-order valence-corrected chi connectivity index (χ2v) is 12.9. The first-order chi connectivity index (χ1) is 25.7. The van der Waals surface area contributed by atoms with E-state index < -0.39 is 0 Å². The van der Waals surface area contributed by atoms with Crippen molar-refractivity contribution in [1.29, 1.82) is 10.7 Å². The number of hydrogen-bond acceptors (Lipinski definition) is 2. The molecule has 0 saturated heterocycles. The highest BCUT2D eigenvalue weighted by atomic mass is 15.0. The lowest BCUT2D eigenvalue weighted by atomic mass is 10.0. The van der Waals surface area contributed by atoms with Crippen molar-refractivity contribution in [3.8, 4) is 22.9 Å². The van der Waals surface area contributed by atoms with Gasteiger partial charge in [-0.2, -0.15) is 5.26 Å². The first-order valence-corrected chi connectivity index (χ1v) is 17.3. The molecule has 244 valence electrons. The molecule has 0 radical (unpaired) electrons. The fourth-order valence-corrected chi connectivity index (χ4v) is 7.33. The van der Waals surface area contributed by atoms with E-state index in [4.69, 9.17) is 5.41 Å². The van der Waals surface area contributed by atoms with Gasteiger partial charge in [0, 0.05) is 33.4 Å². The van der Waals surface area contributed by atoms with Crippen molar-refractivity contribution in [2.75, 3.05) is 0 Å². The quantitative estimate of drug-likeness (QED) is 0.134. The minimum atomic E-state index is 0.466. The predicted molar refractivity (Wildman–Crippen MR) is 217 cm³/mol. The number of para-hydroxylation sites is 2. The first-order valence-electron chi connectivity index (χ1n) is 17.3. The molecule has 4 heteroatoms. The van der Waals surface area contributed by atoms with Crippen molar-refractivity contribution in [3.05, 3.63) is 199 Å². The van der Waals surface area contributed by atoms with Gasteiger partial charge in [-0.25, -0.2) is 0 Å². The molecule has 0 aliphatic carbocycles. The molecule has 2 aromatic heterocycles. The maximum atomic E-state index is 9.35. The molecule has 1 N–H and O–H groups in total. The van der Waals surface area contributed by atoms with Crippen molar-refractivity contribution >= 4 is 61.1 Å². The lowest BCUT2D eigenvalue weighted by molar-refractivity contribution is 1.18. The average molecular weight is 665 g/mol. The number of nitrogens with one attached hydrogen (secondary N) is 1. The molecular weight excluding hydrogens is 633 g/mol. The van der Waals surface area contributed by atoms with E-state index in [0.29, 0.717) is 11.3 Å². The Kier molecular flexibility index (Phi) is 7.65. The van der Waals surface area contributed by atoms with Crippen molar-refractivity contribution < 1.29 is 0 Å². The predicted octanol–water partition coefficient (Wildman–Crippen LogP) is 12.1. The minimum absolute atomic E-state index is 0.466. The fourth-order valence-electron chi connectivity index (χ4n) is 7.33. The molecule has 0 saturated carbocycles. The zero-order valence-corrected chi connectivity index (χ0v) is 28.2. The summed E-state index contributed by atoms with van der Waals surface area (Å²) in [7, 11) is 0. The first kappa shape index (κ1) is 30.8. The topological polar surface area (TPSA) is 57.5 Å². The number of allylic oxidation sites excluding steroid dienone is 3. The SMILES string of the molecule is N#Cc1ccc(-n2c3ccccc3c3cc(-c4ccc5c(c4)c4ccccc4n5/C=C/C(=C\C(=N)c4ccccc4)c4ccccc4)ccc32)cc1. The van der Waals surface area contributed by atoms with Crippen LogP contribution < -0.4 is 0 Å². The molecule has 9 aromatic rings. The molecule has 0 fully saturated rings. The Hall–Kier alpha value is -7.22. The maximum absolute atomic E-state index is 9.35. The van der Waals surface area contributed by atoms with Gasteiger partial charge in [0.05, 0.1) is 39.4 Å². The number of hydrogen-bond donors (Lipinski definition) is 1. The lowest BCUT2D eigenvalue weighted by Crippen LogP contribution is -1.96. The van der Waals surface area contributed by atoms with Crippen LogP contribution in [0.3, 0.4) is 0 Å². The Labute approximate surface area is 301 Å². The van der Waals surface area contributed by atoms with Crippen LogP contribution in [0.1, 0.15) is 16.7 Å². The Morgan fingerprint density at radius 1 is 0.519 bits per heavy atom. The van der Waals surface area contributed by atoms with Gasteiger partial charge in [0.15, 0.2) is 0 Å². The van der Waals surface area contributed by atoms with Crippen LogP contribution in [-0.2, 0) is 0 Å². The Bertz CT molecular complexity index is 2900. The minimum Gasteiger partial charge on any atom is -0.316 e. The van der Waals surface area contributed by atoms with Gasteiger partial charge >= 0.3 is 0 Å². The van der Waals surface area contributed by atoms with E-state index in [1.165, 1.54) is 21.5 Å². The molecule has 4 nitrogen and oxygen atoms in total. The molecule has 7 aromatic carbocycles. The summed E-state index contributed by atoms with van der Waals surface area (Å²) in [4.78, 5) is 0. The third kappa shape index (κ3) is 5.38. The Morgan fingerprint density at radius 3 is 1.71 bits per heavy atom. The van der Waals surface area contributed by atoms with Crippen LogP contribution in [0.15, 0.2) is 182 Å². The highest BCUT2D eigenvalue weighted by Crippen LogP contribution is 2.37. The van der Waals surface area contributed by atoms with Crippen molar-refractivity contribution in [1.82, 2.24) is 9.13 Å². The highest BCUT2D eigenvalue weighted by Gasteiger charge is 2.15. The number of nitriles is 1. The molecule has 0 amide bonds. The van der Waals surface area contributed by atoms with Gasteiger partial charge in [-0.1, -0.05) is 109 Å². The van der Waals surface area contributed by atoms with Crippen molar-refractivity contribution in [3.63, 3.8) is 0 Å². The number of nitrogens with zero attached hydrogens (tertiary/aromatic N) is 3. The van der Waals surface area contributed by atoms with Gasteiger partial charge in [0.2, 0.25) is 0 Å². The van der Waals surface area contributed by atoms with E-state index >= 15 is 0 Å². The molecular formula is C48H32N4. The summed E-state index contributed by atoms with van der Waals surface area (Å²) in [5, 5.41) is 22.9. The molecule has 2 heterocycles. The standard InChI is InChI=1S/C48H32N4/c49-32-33-19-23-39(24-20-33)52-47-18-10-8-16-41(47)43-30-37(22-26-48(43)52)36-21-25-46-42(29-36)40-15-7-9-17-45(40)51(46)28-27-38(34-11-3-1-4-12-34)31-44(50)35-13-5-2-6-14-35/h1-31,50H/b28-27+,38-31+,50-44?. The van der Waals surface area contributed by atoms with E-state index in [0.717, 1.165) is 55.6 Å². The molecule has 0 aliphatic heterocycles. The van der Waals surface area contributed by atoms with Crippen LogP contribution in [0, 0.1) is 16.7 Å². The number of aromatic nitrogens is 2. The maximum Gasteiger partial charge on any atom is 0.0991 e. The van der Waals surface area contributed by atoms with Crippen LogP contribution in [-0.4, -0.2) is 14.8 Å². The normalized spacial score (nSPS) is 11.9. The molecule has 0 unspecified atom stereocenters. The molecule has 9 rings (SSSR count). The third-order valence-electron chi connectivity index (χ3n) is 9.87. The summed E-state index contributed by atoms with van der Waals surface area (Å²) in [5.41, 5.74) is 11.8. The second-order valence-electron chi connectivity index (χ2n) is 12.9. The van der Waals surface area contributed by atoms with E-state index in [1.54, 1.807) is 0 Å². The van der Waals surface area contributed by atoms with E-state index in [1.807, 2.05) is 78.9 Å². The average Bonchev–Trinajstić information content (AvgIpc) is 3.72. The summed E-state index contributed by atoms with van der Waals surface area (Å²) in [6.07, 6.45) is 6.19. The summed E-state index contributed by atoms with van der Waals surface area (Å²) in [6, 6.07) is 60.7. The monoisotopic (exact) mass is 664 g/mol. The van der Waals surface area contributed by atoms with Gasteiger partial charge in [-0.05, 0) is 101 Å². The van der Waals surface area contributed by atoms with Gasteiger partial charge in [-0.15, -0.1) is 0 Å². The zero-order chi connectivity index (χ0) is 35.0. The van der Waals surface area contributed by atoms with Crippen LogP contribution >= 0.6 is 0 Å². The molecule has 0 aliphatic rings. The van der Waals surface area contributed by atoms with Gasteiger partial charge < -0.3 is 14.5 Å². The van der Waals surface area contributed by atoms with Crippen molar-refractivity contribution in [2.45, 2.75) is 0 Å². The summed E-state index contributed by atoms with van der Waals surface area (Å²) >= 11 is 0. The summed E-state index contributed by atoms with van der Waals surface area (Å²) in [6.45, 7) is 0. The van der Waals surface area contributed by atoms with E-state index in [9.17, 15) is 5.26 Å². The van der Waals surface area contributed by atoms with Gasteiger partial charge in [-0.3, -0.25) is 0 Å². The summed E-state index contributed by atoms with van der Waals surface area (Å²) < 4.78 is 4.53.